The third-order valence-corrected chi connectivity index (χ3v) is 6.02. The van der Waals surface area contributed by atoms with E-state index >= 15 is 0 Å². The van der Waals surface area contributed by atoms with E-state index in [0.29, 0.717) is 18.0 Å². The van der Waals surface area contributed by atoms with Crippen molar-refractivity contribution in [2.45, 2.75) is 45.3 Å². The van der Waals surface area contributed by atoms with Gasteiger partial charge in [-0.05, 0) is 54.8 Å². The molecule has 172 valence electrons. The van der Waals surface area contributed by atoms with Crippen molar-refractivity contribution in [1.82, 2.24) is 10.2 Å². The number of nitrogens with zero attached hydrogens (tertiary/aromatic N) is 1. The van der Waals surface area contributed by atoms with Gasteiger partial charge in [0.2, 0.25) is 11.8 Å². The molecule has 0 spiro atoms. The summed E-state index contributed by atoms with van der Waals surface area (Å²) in [6, 6.07) is 24.2. The van der Waals surface area contributed by atoms with Crippen LogP contribution in [-0.4, -0.2) is 28.8 Å². The molecule has 0 aromatic heterocycles. The Hall–Kier alpha value is -2.63. The standard InChI is InChI=1S/C27H28BrClN2O2/c1-19(2)30-27(33)25(16-20-6-4-3-5-7-20)31(18-22-8-12-23(28)13-9-22)26(32)17-21-10-14-24(29)15-11-21/h3-15,19,25H,16-18H2,1-2H3,(H,30,33). The first-order chi connectivity index (χ1) is 15.8. The second kappa shape index (κ2) is 12.0. The quantitative estimate of drug-likeness (QED) is 0.382. The van der Waals surface area contributed by atoms with Crippen molar-refractivity contribution in [3.05, 3.63) is 105 Å². The van der Waals surface area contributed by atoms with E-state index in [9.17, 15) is 9.59 Å². The Bertz CT molecular complexity index is 1050. The molecule has 33 heavy (non-hydrogen) atoms. The van der Waals surface area contributed by atoms with Crippen LogP contribution in [0.5, 0.6) is 0 Å². The zero-order valence-corrected chi connectivity index (χ0v) is 21.1. The Morgan fingerprint density at radius 2 is 1.48 bits per heavy atom. The van der Waals surface area contributed by atoms with Gasteiger partial charge in [0.15, 0.2) is 0 Å². The molecule has 0 aliphatic rings. The van der Waals surface area contributed by atoms with Crippen molar-refractivity contribution in [2.75, 3.05) is 0 Å². The highest BCUT2D eigenvalue weighted by molar-refractivity contribution is 9.10. The fraction of sp³-hybridized carbons (Fsp3) is 0.259. The van der Waals surface area contributed by atoms with Crippen LogP contribution in [0.1, 0.15) is 30.5 Å². The van der Waals surface area contributed by atoms with Gasteiger partial charge in [0.25, 0.3) is 0 Å². The van der Waals surface area contributed by atoms with Gasteiger partial charge in [-0.3, -0.25) is 9.59 Å². The van der Waals surface area contributed by atoms with E-state index in [1.165, 1.54) is 0 Å². The van der Waals surface area contributed by atoms with E-state index in [2.05, 4.69) is 21.2 Å². The molecule has 2 amide bonds. The molecule has 1 unspecified atom stereocenters. The predicted molar refractivity (Wildman–Crippen MR) is 137 cm³/mol. The normalized spacial score (nSPS) is 11.8. The Morgan fingerprint density at radius 3 is 2.09 bits per heavy atom. The molecule has 0 bridgehead atoms. The summed E-state index contributed by atoms with van der Waals surface area (Å²) in [6.07, 6.45) is 0.621. The number of amides is 2. The lowest BCUT2D eigenvalue weighted by molar-refractivity contribution is -0.141. The summed E-state index contributed by atoms with van der Waals surface area (Å²) in [4.78, 5) is 28.6. The van der Waals surface area contributed by atoms with Crippen LogP contribution in [0, 0.1) is 0 Å². The monoisotopic (exact) mass is 526 g/mol. The maximum absolute atomic E-state index is 13.6. The predicted octanol–water partition coefficient (Wildman–Crippen LogP) is 5.81. The van der Waals surface area contributed by atoms with Gasteiger partial charge in [0, 0.05) is 28.5 Å². The Labute approximate surface area is 209 Å². The van der Waals surface area contributed by atoms with E-state index in [-0.39, 0.29) is 24.3 Å². The molecule has 0 aliphatic heterocycles. The van der Waals surface area contributed by atoms with Gasteiger partial charge in [0.05, 0.1) is 6.42 Å². The number of hydrogen-bond donors (Lipinski definition) is 1. The molecule has 0 heterocycles. The summed E-state index contributed by atoms with van der Waals surface area (Å²) < 4.78 is 0.962. The molecule has 0 saturated heterocycles. The van der Waals surface area contributed by atoms with Crippen LogP contribution in [0.15, 0.2) is 83.3 Å². The summed E-state index contributed by atoms with van der Waals surface area (Å²) in [6.45, 7) is 4.18. The minimum Gasteiger partial charge on any atom is -0.352 e. The van der Waals surface area contributed by atoms with Crippen LogP contribution in [0.2, 0.25) is 5.02 Å². The molecule has 0 saturated carbocycles. The maximum Gasteiger partial charge on any atom is 0.243 e. The fourth-order valence-corrected chi connectivity index (χ4v) is 3.99. The molecule has 3 aromatic carbocycles. The number of nitrogens with one attached hydrogen (secondary N) is 1. The molecule has 3 rings (SSSR count). The highest BCUT2D eigenvalue weighted by Gasteiger charge is 2.30. The summed E-state index contributed by atoms with van der Waals surface area (Å²) in [7, 11) is 0. The highest BCUT2D eigenvalue weighted by atomic mass is 79.9. The van der Waals surface area contributed by atoms with Crippen molar-refractivity contribution in [1.29, 1.82) is 0 Å². The first-order valence-corrected chi connectivity index (χ1v) is 12.1. The average molecular weight is 528 g/mol. The van der Waals surface area contributed by atoms with Crippen molar-refractivity contribution in [2.24, 2.45) is 0 Å². The molecule has 1 N–H and O–H groups in total. The van der Waals surface area contributed by atoms with Crippen LogP contribution in [0.25, 0.3) is 0 Å². The molecule has 0 fully saturated rings. The second-order valence-electron chi connectivity index (χ2n) is 8.32. The maximum atomic E-state index is 13.6. The molecule has 1 atom stereocenters. The van der Waals surface area contributed by atoms with Gasteiger partial charge in [-0.1, -0.05) is 82.1 Å². The van der Waals surface area contributed by atoms with Crippen molar-refractivity contribution >= 4 is 39.3 Å². The number of hydrogen-bond acceptors (Lipinski definition) is 2. The fourth-order valence-electron chi connectivity index (χ4n) is 3.60. The van der Waals surface area contributed by atoms with Crippen LogP contribution in [0.3, 0.4) is 0 Å². The molecule has 4 nitrogen and oxygen atoms in total. The van der Waals surface area contributed by atoms with Gasteiger partial charge >= 0.3 is 0 Å². The topological polar surface area (TPSA) is 49.4 Å². The van der Waals surface area contributed by atoms with Crippen molar-refractivity contribution in [3.63, 3.8) is 0 Å². The van der Waals surface area contributed by atoms with E-state index in [4.69, 9.17) is 11.6 Å². The molecular weight excluding hydrogens is 500 g/mol. The lowest BCUT2D eigenvalue weighted by Crippen LogP contribution is -2.52. The molecule has 0 radical (unpaired) electrons. The zero-order valence-electron chi connectivity index (χ0n) is 18.8. The number of halogens is 2. The number of carbonyl (C=O) groups is 2. The number of carbonyl (C=O) groups excluding carboxylic acids is 2. The summed E-state index contributed by atoms with van der Waals surface area (Å²) >= 11 is 9.47. The van der Waals surface area contributed by atoms with E-state index in [1.807, 2.05) is 80.6 Å². The summed E-state index contributed by atoms with van der Waals surface area (Å²) in [5, 5.41) is 3.63. The van der Waals surface area contributed by atoms with Crippen LogP contribution < -0.4 is 5.32 Å². The van der Waals surface area contributed by atoms with E-state index < -0.39 is 6.04 Å². The van der Waals surface area contributed by atoms with E-state index in [0.717, 1.165) is 21.2 Å². The Balaban J connectivity index is 1.95. The van der Waals surface area contributed by atoms with Crippen LogP contribution in [0.4, 0.5) is 0 Å². The molecule has 3 aromatic rings. The highest BCUT2D eigenvalue weighted by Crippen LogP contribution is 2.19. The molecule has 0 aliphatic carbocycles. The minimum absolute atomic E-state index is 0.0309. The lowest BCUT2D eigenvalue weighted by atomic mass is 10.0. The molecule has 6 heteroatoms. The van der Waals surface area contributed by atoms with Gasteiger partial charge in [-0.2, -0.15) is 0 Å². The average Bonchev–Trinajstić information content (AvgIpc) is 2.79. The zero-order chi connectivity index (χ0) is 23.8. The Kier molecular flexibility index (Phi) is 9.10. The number of benzene rings is 3. The second-order valence-corrected chi connectivity index (χ2v) is 9.67. The van der Waals surface area contributed by atoms with Crippen molar-refractivity contribution < 1.29 is 9.59 Å². The summed E-state index contributed by atoms with van der Waals surface area (Å²) in [5.41, 5.74) is 2.81. The first kappa shape index (κ1) is 25.0. The van der Waals surface area contributed by atoms with Crippen LogP contribution >= 0.6 is 27.5 Å². The van der Waals surface area contributed by atoms with Gasteiger partial charge in [-0.15, -0.1) is 0 Å². The smallest absolute Gasteiger partial charge is 0.243 e. The summed E-state index contributed by atoms with van der Waals surface area (Å²) in [5.74, 6) is -0.268. The van der Waals surface area contributed by atoms with Crippen LogP contribution in [-0.2, 0) is 29.0 Å². The largest absolute Gasteiger partial charge is 0.352 e. The van der Waals surface area contributed by atoms with Gasteiger partial charge < -0.3 is 10.2 Å². The molecular formula is C27H28BrClN2O2. The Morgan fingerprint density at radius 1 is 0.879 bits per heavy atom. The minimum atomic E-state index is -0.641. The van der Waals surface area contributed by atoms with Gasteiger partial charge in [-0.25, -0.2) is 0 Å². The lowest BCUT2D eigenvalue weighted by Gasteiger charge is -2.32. The van der Waals surface area contributed by atoms with Gasteiger partial charge in [0.1, 0.15) is 6.04 Å². The first-order valence-electron chi connectivity index (χ1n) is 10.9. The van der Waals surface area contributed by atoms with Crippen molar-refractivity contribution in [3.8, 4) is 0 Å². The number of rotatable bonds is 9. The third kappa shape index (κ3) is 7.72. The third-order valence-electron chi connectivity index (χ3n) is 5.24. The SMILES string of the molecule is CC(C)NC(=O)C(Cc1ccccc1)N(Cc1ccc(Br)cc1)C(=O)Cc1ccc(Cl)cc1. The van der Waals surface area contributed by atoms with E-state index in [1.54, 1.807) is 17.0 Å².